The van der Waals surface area contributed by atoms with Crippen LogP contribution >= 0.6 is 0 Å². The molecule has 13 aromatic carbocycles. The predicted molar refractivity (Wildman–Crippen MR) is 450 cm³/mol. The number of para-hydroxylation sites is 4. The SMILES string of the molecule is Cc1cc(C)c(-n2ccnc2-c2[c-]cc(F)c(-c3c(C)cccc3C)c2)c(C)c1.Cc1cc(C)c(-n2ccnc2-c2[c-]cc(F)c(-c3c(C)cccc3C)c2)c(C)c1.Cc1cc(C)c(-n2ccnc2-c2[c-]cc(F)c(-c3cc(-n4c5ccccc5c5ccccc54)cc(-n4c5ccccc5c5ccccc54)c3)c2)c(C)c1.[Ir+3]. The van der Waals surface area contributed by atoms with Gasteiger partial charge in [-0.3, -0.25) is 28.1 Å². The summed E-state index contributed by atoms with van der Waals surface area (Å²) in [6.07, 6.45) is 11.2. The van der Waals surface area contributed by atoms with E-state index in [2.05, 4.69) is 265 Å². The quantitative estimate of drug-likeness (QED) is 0.121. The summed E-state index contributed by atoms with van der Waals surface area (Å²) in [5.74, 6) is 1.34. The molecule has 552 valence electrons. The third-order valence-corrected chi connectivity index (χ3v) is 21.4. The number of hydrogen-bond donors (Lipinski definition) is 0. The van der Waals surface area contributed by atoms with Crippen LogP contribution in [0.3, 0.4) is 0 Å². The van der Waals surface area contributed by atoms with Crippen molar-refractivity contribution in [3.8, 4) is 96.0 Å². The Morgan fingerprint density at radius 2 is 0.554 bits per heavy atom. The number of fused-ring (bicyclic) bond motifs is 6. The summed E-state index contributed by atoms with van der Waals surface area (Å²) in [5, 5.41) is 4.68. The van der Waals surface area contributed by atoms with Crippen LogP contribution < -0.4 is 0 Å². The minimum atomic E-state index is -0.345. The summed E-state index contributed by atoms with van der Waals surface area (Å²) in [5.41, 5.74) is 31.0. The van der Waals surface area contributed by atoms with E-state index >= 15 is 4.39 Å². The van der Waals surface area contributed by atoms with Crippen LogP contribution in [0.2, 0.25) is 0 Å². The normalized spacial score (nSPS) is 11.3. The predicted octanol–water partition coefficient (Wildman–Crippen LogP) is 25.6. The molecule has 0 saturated heterocycles. The van der Waals surface area contributed by atoms with Crippen LogP contribution in [0.25, 0.3) is 140 Å². The number of halogens is 3. The Balaban J connectivity index is 0.000000143. The van der Waals surface area contributed by atoms with Crippen molar-refractivity contribution in [3.05, 3.63) is 370 Å². The molecule has 0 amide bonds. The van der Waals surface area contributed by atoms with Crippen molar-refractivity contribution < 1.29 is 33.3 Å². The Bertz CT molecular complexity index is 6150. The van der Waals surface area contributed by atoms with Gasteiger partial charge in [0.15, 0.2) is 0 Å². The van der Waals surface area contributed by atoms with Crippen molar-refractivity contribution in [1.29, 1.82) is 0 Å². The standard InChI is InChI=1S/C48H34FN4.2C26H24FN2.Ir/c1-30-24-31(2)47(32(3)25-30)51-23-22-50-48(51)33-20-21-42(49)41(28-33)34-26-35(52-43-16-8-4-12-37(43)38-13-5-9-17-44(38)52)29-36(27-34)53-45-18-10-6-14-39(45)40-15-7-11-19-46(40)53;2*1-16-13-19(4)25(20(5)14-16)29-12-11-28-26(29)21-9-10-23(27)22(15-21)24-17(2)7-6-8-18(24)3;/h4-19,21-29H,1-3H3;2*6-8,10-15H,1-5H3;/q3*-1;+3. The van der Waals surface area contributed by atoms with Gasteiger partial charge in [-0.2, -0.15) is 0 Å². The maximum absolute atomic E-state index is 16.4. The number of benzene rings is 13. The Labute approximate surface area is 665 Å². The minimum Gasteiger partial charge on any atom is -0.340 e. The first-order valence-electron chi connectivity index (χ1n) is 37.4. The summed E-state index contributed by atoms with van der Waals surface area (Å²) >= 11 is 0. The largest absolute Gasteiger partial charge is 3.00 e. The molecule has 0 spiro atoms. The molecule has 0 aliphatic heterocycles. The van der Waals surface area contributed by atoms with Crippen molar-refractivity contribution in [2.45, 2.75) is 90.0 Å². The molecule has 5 aromatic heterocycles. The first-order chi connectivity index (χ1) is 53.7. The van der Waals surface area contributed by atoms with Crippen molar-refractivity contribution in [1.82, 2.24) is 37.8 Å². The Morgan fingerprint density at radius 3 is 0.848 bits per heavy atom. The summed E-state index contributed by atoms with van der Waals surface area (Å²) in [6, 6.07) is 84.8. The maximum atomic E-state index is 16.4. The number of rotatable bonds is 11. The second-order valence-corrected chi connectivity index (χ2v) is 29.4. The van der Waals surface area contributed by atoms with E-state index in [1.54, 1.807) is 18.6 Å². The average molecular weight is 1650 g/mol. The molecule has 12 heteroatoms. The van der Waals surface area contributed by atoms with Gasteiger partial charge in [-0.1, -0.05) is 179 Å². The van der Waals surface area contributed by atoms with Crippen LogP contribution in [0.5, 0.6) is 0 Å². The third-order valence-electron chi connectivity index (χ3n) is 21.4. The molecule has 0 radical (unpaired) electrons. The first kappa shape index (κ1) is 75.0. The van der Waals surface area contributed by atoms with E-state index in [1.165, 1.54) is 78.7 Å². The van der Waals surface area contributed by atoms with E-state index in [9.17, 15) is 8.78 Å². The molecule has 8 nitrogen and oxygen atoms in total. The molecule has 18 aromatic rings. The van der Waals surface area contributed by atoms with Crippen LogP contribution in [0.4, 0.5) is 13.2 Å². The van der Waals surface area contributed by atoms with Gasteiger partial charge in [0.25, 0.3) is 0 Å². The van der Waals surface area contributed by atoms with Gasteiger partial charge in [-0.25, -0.2) is 0 Å². The van der Waals surface area contributed by atoms with Gasteiger partial charge in [0.2, 0.25) is 0 Å². The molecule has 0 aliphatic rings. The fourth-order valence-electron chi connectivity index (χ4n) is 17.0. The van der Waals surface area contributed by atoms with E-state index in [1.807, 2.05) is 101 Å². The van der Waals surface area contributed by atoms with Crippen molar-refractivity contribution >= 4 is 43.6 Å². The van der Waals surface area contributed by atoms with E-state index in [-0.39, 0.29) is 37.6 Å². The Kier molecular flexibility index (Phi) is 20.6. The summed E-state index contributed by atoms with van der Waals surface area (Å²) in [4.78, 5) is 14.0. The zero-order valence-corrected chi connectivity index (χ0v) is 67.3. The Hall–Kier alpha value is -12.5. The van der Waals surface area contributed by atoms with Crippen molar-refractivity contribution in [2.75, 3.05) is 0 Å². The van der Waals surface area contributed by atoms with Crippen LogP contribution in [-0.4, -0.2) is 37.8 Å². The molecule has 0 bridgehead atoms. The number of hydrogen-bond acceptors (Lipinski definition) is 3. The van der Waals surface area contributed by atoms with Gasteiger partial charge < -0.3 is 22.8 Å². The van der Waals surface area contributed by atoms with Crippen LogP contribution in [0, 0.1) is 126 Å². The number of aromatic nitrogens is 8. The van der Waals surface area contributed by atoms with Gasteiger partial charge in [0.05, 0.1) is 39.5 Å². The molecule has 0 N–H and O–H groups in total. The van der Waals surface area contributed by atoms with E-state index in [0.717, 1.165) is 123 Å². The van der Waals surface area contributed by atoms with E-state index in [4.69, 9.17) is 4.98 Å². The zero-order valence-electron chi connectivity index (χ0n) is 64.9. The van der Waals surface area contributed by atoms with E-state index in [0.29, 0.717) is 28.1 Å². The molecule has 0 unspecified atom stereocenters. The Morgan fingerprint density at radius 1 is 0.286 bits per heavy atom. The molecule has 112 heavy (non-hydrogen) atoms. The van der Waals surface area contributed by atoms with Crippen LogP contribution in [0.1, 0.15) is 72.3 Å². The van der Waals surface area contributed by atoms with E-state index < -0.39 is 0 Å². The number of imidazole rings is 3. The van der Waals surface area contributed by atoms with Crippen molar-refractivity contribution in [3.63, 3.8) is 0 Å². The number of aryl methyl sites for hydroxylation is 13. The van der Waals surface area contributed by atoms with Gasteiger partial charge in [0, 0.05) is 105 Å². The van der Waals surface area contributed by atoms with Gasteiger partial charge in [0.1, 0.15) is 0 Å². The summed E-state index contributed by atoms with van der Waals surface area (Å²) in [7, 11) is 0. The molecule has 0 fully saturated rings. The molecular weight excluding hydrogens is 1560 g/mol. The molecule has 0 aliphatic carbocycles. The first-order valence-corrected chi connectivity index (χ1v) is 37.4. The fraction of sp³-hybridized carbons (Fsp3) is 0.130. The topological polar surface area (TPSA) is 63.3 Å². The minimum absolute atomic E-state index is 0. The van der Waals surface area contributed by atoms with Crippen LogP contribution in [0.15, 0.2) is 262 Å². The number of nitrogens with zero attached hydrogens (tertiary/aromatic N) is 8. The zero-order chi connectivity index (χ0) is 77.2. The molecule has 5 heterocycles. The molecule has 18 rings (SSSR count). The van der Waals surface area contributed by atoms with Crippen LogP contribution in [-0.2, 0) is 20.1 Å². The van der Waals surface area contributed by atoms with Gasteiger partial charge in [-0.05, 0) is 205 Å². The second kappa shape index (κ2) is 30.8. The van der Waals surface area contributed by atoms with Crippen molar-refractivity contribution in [2.24, 2.45) is 0 Å². The average Bonchev–Trinajstić information content (AvgIpc) is 1.57. The monoisotopic (exact) mass is 1640 g/mol. The smallest absolute Gasteiger partial charge is 0.340 e. The van der Waals surface area contributed by atoms with Gasteiger partial charge in [-0.15, -0.1) is 71.3 Å². The fourth-order valence-corrected chi connectivity index (χ4v) is 17.0. The van der Waals surface area contributed by atoms with Gasteiger partial charge >= 0.3 is 20.1 Å². The summed E-state index contributed by atoms with van der Waals surface area (Å²) in [6.45, 7) is 27.0. The maximum Gasteiger partial charge on any atom is 3.00 e. The third kappa shape index (κ3) is 13.8. The molecule has 0 saturated carbocycles. The summed E-state index contributed by atoms with van der Waals surface area (Å²) < 4.78 is 56.8. The molecular formula is C100H82F3IrN8. The second-order valence-electron chi connectivity index (χ2n) is 29.4. The molecule has 0 atom stereocenters.